The van der Waals surface area contributed by atoms with Gasteiger partial charge >= 0.3 is 0 Å². The van der Waals surface area contributed by atoms with E-state index < -0.39 is 0 Å². The van der Waals surface area contributed by atoms with Gasteiger partial charge in [0.15, 0.2) is 0 Å². The molecule has 1 spiro atoms. The number of piperidine rings is 1. The molecule has 0 radical (unpaired) electrons. The molecule has 1 aromatic rings. The van der Waals surface area contributed by atoms with E-state index in [9.17, 15) is 4.79 Å². The summed E-state index contributed by atoms with van der Waals surface area (Å²) in [6.07, 6.45) is 3.58. The molecule has 2 fully saturated rings. The predicted molar refractivity (Wildman–Crippen MR) is 73.0 cm³/mol. The Balaban J connectivity index is 1.73. The van der Waals surface area contributed by atoms with E-state index in [1.165, 1.54) is 12.8 Å². The van der Waals surface area contributed by atoms with Gasteiger partial charge < -0.3 is 9.80 Å². The lowest BCUT2D eigenvalue weighted by atomic mass is 9.79. The third kappa shape index (κ3) is 2.39. The minimum absolute atomic E-state index is 0.0815. The number of nitrogens with zero attached hydrogens (tertiary/aromatic N) is 3. The molecule has 1 atom stereocenters. The molecule has 2 saturated heterocycles. The second-order valence-corrected chi connectivity index (χ2v) is 6.25. The number of amides is 1. The molecular formula is C14H22N4O. The summed E-state index contributed by atoms with van der Waals surface area (Å²) < 4.78 is 0. The van der Waals surface area contributed by atoms with Crippen LogP contribution in [0.15, 0.2) is 6.07 Å². The van der Waals surface area contributed by atoms with Crippen LogP contribution >= 0.6 is 0 Å². The van der Waals surface area contributed by atoms with E-state index >= 15 is 0 Å². The second-order valence-electron chi connectivity index (χ2n) is 6.25. The molecule has 19 heavy (non-hydrogen) atoms. The molecule has 2 aliphatic heterocycles. The van der Waals surface area contributed by atoms with Crippen molar-refractivity contribution in [3.8, 4) is 0 Å². The second kappa shape index (κ2) is 4.63. The average Bonchev–Trinajstić information content (AvgIpc) is 2.96. The molecule has 3 heterocycles. The zero-order valence-corrected chi connectivity index (χ0v) is 11.8. The van der Waals surface area contributed by atoms with Crippen molar-refractivity contribution < 1.29 is 4.79 Å². The first-order chi connectivity index (χ1) is 9.08. The van der Waals surface area contributed by atoms with Crippen molar-refractivity contribution in [3.05, 3.63) is 17.5 Å². The number of nitrogens with one attached hydrogen (secondary N) is 1. The summed E-state index contributed by atoms with van der Waals surface area (Å²) in [5.74, 6) is 0.0815. The normalized spacial score (nSPS) is 28.2. The molecule has 1 amide bonds. The maximum Gasteiger partial charge on any atom is 0.274 e. The topological polar surface area (TPSA) is 52.2 Å². The molecule has 2 aliphatic rings. The molecule has 3 rings (SSSR count). The van der Waals surface area contributed by atoms with Crippen molar-refractivity contribution in [1.29, 1.82) is 0 Å². The van der Waals surface area contributed by atoms with Crippen LogP contribution in [0.3, 0.4) is 0 Å². The molecule has 0 aliphatic carbocycles. The maximum absolute atomic E-state index is 12.5. The Hall–Kier alpha value is -1.36. The van der Waals surface area contributed by atoms with Crippen molar-refractivity contribution >= 4 is 5.91 Å². The summed E-state index contributed by atoms with van der Waals surface area (Å²) in [6, 6.07) is 1.84. The molecule has 1 unspecified atom stereocenters. The predicted octanol–water partition coefficient (Wildman–Crippen LogP) is 1.28. The fraction of sp³-hybridized carbons (Fsp3) is 0.714. The van der Waals surface area contributed by atoms with E-state index in [2.05, 4.69) is 22.1 Å². The van der Waals surface area contributed by atoms with Gasteiger partial charge in [0.25, 0.3) is 5.91 Å². The van der Waals surface area contributed by atoms with Gasteiger partial charge in [-0.1, -0.05) is 0 Å². The van der Waals surface area contributed by atoms with Crippen LogP contribution in [-0.2, 0) is 0 Å². The summed E-state index contributed by atoms with van der Waals surface area (Å²) in [4.78, 5) is 16.8. The Labute approximate surface area is 114 Å². The zero-order chi connectivity index (χ0) is 13.5. The Kier molecular flexibility index (Phi) is 3.09. The number of carbonyl (C=O) groups excluding carboxylic acids is 1. The summed E-state index contributed by atoms with van der Waals surface area (Å²) in [5, 5.41) is 6.95. The lowest BCUT2D eigenvalue weighted by Gasteiger charge is -2.40. The van der Waals surface area contributed by atoms with Gasteiger partial charge in [0, 0.05) is 30.7 Å². The van der Waals surface area contributed by atoms with Crippen LogP contribution < -0.4 is 0 Å². The lowest BCUT2D eigenvalue weighted by Crippen LogP contribution is -2.47. The Morgan fingerprint density at radius 1 is 1.37 bits per heavy atom. The van der Waals surface area contributed by atoms with E-state index in [4.69, 9.17) is 0 Å². The molecule has 0 saturated carbocycles. The van der Waals surface area contributed by atoms with E-state index in [-0.39, 0.29) is 5.91 Å². The molecule has 5 heteroatoms. The van der Waals surface area contributed by atoms with E-state index in [1.54, 1.807) is 0 Å². The number of hydrogen-bond acceptors (Lipinski definition) is 3. The van der Waals surface area contributed by atoms with Crippen LogP contribution in [-0.4, -0.2) is 59.1 Å². The minimum Gasteiger partial charge on any atom is -0.337 e. The van der Waals surface area contributed by atoms with Gasteiger partial charge in [0.2, 0.25) is 0 Å². The number of H-pyrrole nitrogens is 1. The number of hydrogen-bond donors (Lipinski definition) is 1. The first-order valence-electron chi connectivity index (χ1n) is 7.08. The van der Waals surface area contributed by atoms with Crippen molar-refractivity contribution in [3.63, 3.8) is 0 Å². The molecule has 0 aromatic carbocycles. The fourth-order valence-corrected chi connectivity index (χ4v) is 3.56. The standard InChI is InChI=1S/C14H22N4O/c1-11-8-12(16-15-11)13(19)18-6-3-4-14(10-18)5-7-17(2)9-14/h8H,3-7,9-10H2,1-2H3,(H,15,16). The Morgan fingerprint density at radius 3 is 2.84 bits per heavy atom. The van der Waals surface area contributed by atoms with E-state index in [0.717, 1.165) is 38.3 Å². The van der Waals surface area contributed by atoms with Gasteiger partial charge in [-0.25, -0.2) is 0 Å². The highest BCUT2D eigenvalue weighted by atomic mass is 16.2. The number of likely N-dealkylation sites (tertiary alicyclic amines) is 2. The monoisotopic (exact) mass is 262 g/mol. The van der Waals surface area contributed by atoms with Gasteiger partial charge in [-0.15, -0.1) is 0 Å². The molecule has 0 bridgehead atoms. The molecule has 1 N–H and O–H groups in total. The molecule has 1 aromatic heterocycles. The number of rotatable bonds is 1. The summed E-state index contributed by atoms with van der Waals surface area (Å²) in [6.45, 7) is 5.96. The highest BCUT2D eigenvalue weighted by Crippen LogP contribution is 2.38. The van der Waals surface area contributed by atoms with Gasteiger partial charge in [-0.2, -0.15) is 5.10 Å². The molecule has 5 nitrogen and oxygen atoms in total. The van der Waals surface area contributed by atoms with Gasteiger partial charge in [0.1, 0.15) is 5.69 Å². The van der Waals surface area contributed by atoms with Crippen molar-refractivity contribution in [2.45, 2.75) is 26.2 Å². The number of aromatic nitrogens is 2. The fourth-order valence-electron chi connectivity index (χ4n) is 3.56. The van der Waals surface area contributed by atoms with Crippen LogP contribution in [0.2, 0.25) is 0 Å². The third-order valence-corrected chi connectivity index (χ3v) is 4.50. The molecular weight excluding hydrogens is 240 g/mol. The SMILES string of the molecule is Cc1cc(C(=O)N2CCCC3(CCN(C)C3)C2)n[nH]1. The zero-order valence-electron chi connectivity index (χ0n) is 11.8. The van der Waals surface area contributed by atoms with Crippen molar-refractivity contribution in [2.24, 2.45) is 5.41 Å². The third-order valence-electron chi connectivity index (χ3n) is 4.50. The number of carbonyl (C=O) groups is 1. The Morgan fingerprint density at radius 2 is 2.21 bits per heavy atom. The van der Waals surface area contributed by atoms with E-state index in [1.807, 2.05) is 17.9 Å². The Bertz CT molecular complexity index is 480. The van der Waals surface area contributed by atoms with Crippen LogP contribution in [0.5, 0.6) is 0 Å². The highest BCUT2D eigenvalue weighted by Gasteiger charge is 2.41. The summed E-state index contributed by atoms with van der Waals surface area (Å²) in [5.41, 5.74) is 1.82. The van der Waals surface area contributed by atoms with Crippen molar-refractivity contribution in [2.75, 3.05) is 33.2 Å². The summed E-state index contributed by atoms with van der Waals surface area (Å²) in [7, 11) is 2.17. The highest BCUT2D eigenvalue weighted by molar-refractivity contribution is 5.92. The van der Waals surface area contributed by atoms with Crippen LogP contribution in [0.1, 0.15) is 35.4 Å². The quantitative estimate of drug-likeness (QED) is 0.829. The van der Waals surface area contributed by atoms with Crippen LogP contribution in [0, 0.1) is 12.3 Å². The average molecular weight is 262 g/mol. The van der Waals surface area contributed by atoms with Gasteiger partial charge in [0.05, 0.1) is 0 Å². The number of aryl methyl sites for hydroxylation is 1. The van der Waals surface area contributed by atoms with Gasteiger partial charge in [-0.3, -0.25) is 9.89 Å². The van der Waals surface area contributed by atoms with Crippen molar-refractivity contribution in [1.82, 2.24) is 20.0 Å². The smallest absolute Gasteiger partial charge is 0.274 e. The van der Waals surface area contributed by atoms with E-state index in [0.29, 0.717) is 11.1 Å². The van der Waals surface area contributed by atoms with Crippen LogP contribution in [0.4, 0.5) is 0 Å². The first kappa shape index (κ1) is 12.7. The summed E-state index contributed by atoms with van der Waals surface area (Å²) >= 11 is 0. The maximum atomic E-state index is 12.5. The number of aromatic amines is 1. The lowest BCUT2D eigenvalue weighted by molar-refractivity contribution is 0.0529. The largest absolute Gasteiger partial charge is 0.337 e. The first-order valence-corrected chi connectivity index (χ1v) is 7.08. The molecule has 104 valence electrons. The minimum atomic E-state index is 0.0815. The van der Waals surface area contributed by atoms with Crippen LogP contribution in [0.25, 0.3) is 0 Å². The van der Waals surface area contributed by atoms with Gasteiger partial charge in [-0.05, 0) is 45.8 Å².